The van der Waals surface area contributed by atoms with Crippen LogP contribution in [-0.2, 0) is 4.79 Å². The van der Waals surface area contributed by atoms with Crippen LogP contribution in [0.5, 0.6) is 0 Å². The second-order valence-electron chi connectivity index (χ2n) is 7.78. The summed E-state index contributed by atoms with van der Waals surface area (Å²) in [6, 6.07) is 3.95. The van der Waals surface area contributed by atoms with E-state index >= 15 is 0 Å². The Morgan fingerprint density at radius 3 is 2.37 bits per heavy atom. The third-order valence-electron chi connectivity index (χ3n) is 5.44. The lowest BCUT2D eigenvalue weighted by molar-refractivity contribution is -0.121. The van der Waals surface area contributed by atoms with E-state index < -0.39 is 18.0 Å². The number of aliphatic hydroxyl groups excluding tert-OH is 1. The molecule has 0 spiro atoms. The molecule has 1 aromatic rings. The molecule has 0 saturated carbocycles. The van der Waals surface area contributed by atoms with Crippen LogP contribution in [0.1, 0.15) is 21.6 Å². The van der Waals surface area contributed by atoms with Crippen molar-refractivity contribution in [1.82, 2.24) is 10.3 Å². The van der Waals surface area contributed by atoms with Crippen LogP contribution in [0.4, 0.5) is 0 Å². The first kappa shape index (κ1) is 17.4. The van der Waals surface area contributed by atoms with Gasteiger partial charge in [-0.05, 0) is 80.2 Å². The molecule has 0 saturated heterocycles. The van der Waals surface area contributed by atoms with Gasteiger partial charge >= 0.3 is 0 Å². The van der Waals surface area contributed by atoms with Gasteiger partial charge in [0.15, 0.2) is 5.78 Å². The van der Waals surface area contributed by atoms with Crippen molar-refractivity contribution >= 4 is 29.4 Å². The van der Waals surface area contributed by atoms with E-state index in [1.165, 1.54) is 6.92 Å². The third kappa shape index (κ3) is 3.25. The van der Waals surface area contributed by atoms with Gasteiger partial charge in [-0.1, -0.05) is 0 Å². The Kier molecular flexibility index (Phi) is 3.92. The zero-order valence-electron chi connectivity index (χ0n) is 17.7. The predicted molar refractivity (Wildman–Crippen MR) is 118 cm³/mol. The topological polar surface area (TPSA) is 89.8 Å². The van der Waals surface area contributed by atoms with E-state index in [9.17, 15) is 9.90 Å². The molecule has 3 atom stereocenters. The largest absolute Gasteiger partial charge is 0.389 e. The summed E-state index contributed by atoms with van der Waals surface area (Å²) < 4.78 is 8.87. The Morgan fingerprint density at radius 1 is 1.10 bits per heavy atom. The number of aliphatic hydroxyl groups is 1. The Labute approximate surface area is 175 Å². The summed E-state index contributed by atoms with van der Waals surface area (Å²) in [5.74, 6) is -0.220. The average molecular weight is 399 g/mol. The van der Waals surface area contributed by atoms with Crippen molar-refractivity contribution in [1.29, 1.82) is 0 Å². The number of nitrogens with one attached hydrogen (secondary N) is 2. The highest BCUT2D eigenvalue weighted by Gasteiger charge is 2.42. The van der Waals surface area contributed by atoms with Crippen LogP contribution in [0, 0.1) is 0 Å². The summed E-state index contributed by atoms with van der Waals surface area (Å²) in [7, 11) is 0. The lowest BCUT2D eigenvalue weighted by atomic mass is 9.88. The van der Waals surface area contributed by atoms with Crippen molar-refractivity contribution in [2.24, 2.45) is 9.98 Å². The van der Waals surface area contributed by atoms with Crippen LogP contribution in [0.3, 0.4) is 0 Å². The van der Waals surface area contributed by atoms with Gasteiger partial charge in [-0.15, -0.1) is 0 Å². The molecular weight excluding hydrogens is 376 g/mol. The van der Waals surface area contributed by atoms with Crippen molar-refractivity contribution in [3.05, 3.63) is 82.0 Å². The number of carbonyl (C=O) groups excluding carboxylic acids is 1. The number of aromatic nitrogens is 1. The lowest BCUT2D eigenvalue weighted by Crippen LogP contribution is -2.45. The van der Waals surface area contributed by atoms with E-state index in [-0.39, 0.29) is 5.78 Å². The minimum absolute atomic E-state index is 0.220. The maximum absolute atomic E-state index is 12.8. The summed E-state index contributed by atoms with van der Waals surface area (Å²) >= 11 is 0. The molecule has 1 aromatic heterocycles. The summed E-state index contributed by atoms with van der Waals surface area (Å²) in [4.78, 5) is 25.4. The maximum atomic E-state index is 12.8. The number of hydrogen-bond acceptors (Lipinski definition) is 5. The molecule has 0 radical (unpaired) electrons. The fourth-order valence-corrected chi connectivity index (χ4v) is 3.90. The minimum Gasteiger partial charge on any atom is -0.389 e. The molecular formula is C24H22N4O2. The molecule has 6 nitrogen and oxygen atoms in total. The zero-order valence-corrected chi connectivity index (χ0v) is 16.7. The van der Waals surface area contributed by atoms with Gasteiger partial charge in [-0.3, -0.25) is 4.79 Å². The number of aromatic amines is 1. The monoisotopic (exact) mass is 399 g/mol. The van der Waals surface area contributed by atoms with Crippen molar-refractivity contribution in [3.63, 3.8) is 0 Å². The number of hydrogen-bond donors (Lipinski definition) is 3. The average Bonchev–Trinajstić information content (AvgIpc) is 3.46. The fourth-order valence-electron chi connectivity index (χ4n) is 3.90. The van der Waals surface area contributed by atoms with Crippen molar-refractivity contribution < 1.29 is 11.3 Å². The van der Waals surface area contributed by atoms with Crippen LogP contribution in [0.15, 0.2) is 81.2 Å². The quantitative estimate of drug-likeness (QED) is 0.701. The van der Waals surface area contributed by atoms with Gasteiger partial charge < -0.3 is 15.4 Å². The molecule has 8 bridgehead atoms. The van der Waals surface area contributed by atoms with Gasteiger partial charge in [-0.25, -0.2) is 9.98 Å². The predicted octanol–water partition coefficient (Wildman–Crippen LogP) is 1.33. The van der Waals surface area contributed by atoms with E-state index in [0.29, 0.717) is 22.7 Å². The van der Waals surface area contributed by atoms with E-state index in [4.69, 9.17) is 1.37 Å². The summed E-state index contributed by atoms with van der Waals surface area (Å²) in [5.41, 5.74) is 2.47. The fraction of sp³-hybridized carbons (Fsp3) is 0.208. The second-order valence-corrected chi connectivity index (χ2v) is 7.78. The smallest absolute Gasteiger partial charge is 0.159 e. The number of nitrogens with zero attached hydrogens (tertiary/aromatic N) is 2. The molecule has 0 aliphatic carbocycles. The van der Waals surface area contributed by atoms with E-state index in [1.54, 1.807) is 19.1 Å². The Balaban J connectivity index is 1.76. The first-order valence-electron chi connectivity index (χ1n) is 10.4. The Hall–Kier alpha value is -3.51. The molecule has 4 aliphatic rings. The van der Waals surface area contributed by atoms with E-state index in [1.807, 2.05) is 48.6 Å². The van der Waals surface area contributed by atoms with Crippen molar-refractivity contribution in [2.75, 3.05) is 0 Å². The number of Topliss-reactive ketones (excluding diaryl/α,β-unsaturated/α-hetero) is 1. The van der Waals surface area contributed by atoms with Gasteiger partial charge in [0.25, 0.3) is 0 Å². The molecule has 6 heteroatoms. The number of rotatable bonds is 2. The highest BCUT2D eigenvalue weighted by atomic mass is 16.3. The molecule has 0 amide bonds. The molecule has 0 aromatic carbocycles. The first-order valence-corrected chi connectivity index (χ1v) is 9.84. The van der Waals surface area contributed by atoms with E-state index in [2.05, 4.69) is 20.3 Å². The molecule has 3 N–H and O–H groups in total. The summed E-state index contributed by atoms with van der Waals surface area (Å²) in [6.07, 6.45) is 12.9. The van der Waals surface area contributed by atoms with Crippen LogP contribution in [-0.4, -0.2) is 38.9 Å². The van der Waals surface area contributed by atoms with E-state index in [0.717, 1.165) is 22.1 Å². The van der Waals surface area contributed by atoms with Gasteiger partial charge in [0.05, 0.1) is 28.9 Å². The SMILES string of the molecule is [2H]C1C(C(C)O)=C2/C=C3/C=CC(=N3)/C=c3/cc/c([nH]3)=C/C3=NC(=C\C1(C(C)=O)N2)/C=C3. The van der Waals surface area contributed by atoms with Gasteiger partial charge in [0.1, 0.15) is 5.54 Å². The van der Waals surface area contributed by atoms with Crippen molar-refractivity contribution in [2.45, 2.75) is 31.9 Å². The minimum atomic E-state index is -1.32. The molecule has 30 heavy (non-hydrogen) atoms. The van der Waals surface area contributed by atoms with Crippen LogP contribution >= 0.6 is 0 Å². The molecule has 5 rings (SSSR count). The number of allylic oxidation sites excluding steroid dienone is 5. The molecule has 150 valence electrons. The van der Waals surface area contributed by atoms with Gasteiger partial charge in [-0.2, -0.15) is 0 Å². The first-order chi connectivity index (χ1) is 14.8. The zero-order chi connectivity index (χ0) is 21.8. The molecule has 0 fully saturated rings. The highest BCUT2D eigenvalue weighted by molar-refractivity contribution is 6.20. The van der Waals surface area contributed by atoms with Crippen LogP contribution in [0.25, 0.3) is 12.2 Å². The van der Waals surface area contributed by atoms with Gasteiger partial charge in [0.2, 0.25) is 0 Å². The van der Waals surface area contributed by atoms with Crippen LogP contribution < -0.4 is 16.0 Å². The number of H-pyrrole nitrogens is 1. The number of fused-ring (bicyclic) bond motifs is 6. The number of carbonyl (C=O) groups is 1. The maximum Gasteiger partial charge on any atom is 0.159 e. The summed E-state index contributed by atoms with van der Waals surface area (Å²) in [5, 5.41) is 15.5. The standard InChI is InChI=1S/C24H22N4O2/c1-14(29)22-13-24(15(2)30)12-21-8-7-19(27-21)10-17-4-3-16(25-17)9-18-5-6-20(26-18)11-23(22)28-24/h3-12,14,25,28-29H,13H2,1-2H3/b16-9-,17-10-,20-11-,21-12-/i13D. The van der Waals surface area contributed by atoms with Crippen LogP contribution in [0.2, 0.25) is 0 Å². The number of ketones is 1. The second kappa shape index (κ2) is 6.78. The lowest BCUT2D eigenvalue weighted by Gasteiger charge is -2.25. The van der Waals surface area contributed by atoms with Crippen molar-refractivity contribution in [3.8, 4) is 0 Å². The normalized spacial score (nSPS) is 33.7. The molecule has 5 heterocycles. The number of aliphatic imine (C=N–C) groups is 2. The Bertz CT molecular complexity index is 1330. The molecule has 4 aliphatic heterocycles. The summed E-state index contributed by atoms with van der Waals surface area (Å²) in [6.45, 7) is 3.06. The highest BCUT2D eigenvalue weighted by Crippen LogP contribution is 2.35. The third-order valence-corrected chi connectivity index (χ3v) is 5.44. The Morgan fingerprint density at radius 2 is 1.73 bits per heavy atom. The molecule has 3 unspecified atom stereocenters. The van der Waals surface area contributed by atoms with Gasteiger partial charge in [0, 0.05) is 24.2 Å².